The van der Waals surface area contributed by atoms with Gasteiger partial charge in [0.2, 0.25) is 0 Å². The van der Waals surface area contributed by atoms with Gasteiger partial charge in [-0.1, -0.05) is 76.3 Å². The van der Waals surface area contributed by atoms with Gasteiger partial charge in [0, 0.05) is 6.42 Å². The number of halogens is 1. The van der Waals surface area contributed by atoms with Gasteiger partial charge in [0.15, 0.2) is 11.5 Å². The summed E-state index contributed by atoms with van der Waals surface area (Å²) in [6.07, 6.45) is 13.2. The van der Waals surface area contributed by atoms with E-state index in [-0.39, 0.29) is 5.75 Å². The maximum Gasteiger partial charge on any atom is 0.196 e. The van der Waals surface area contributed by atoms with Crippen molar-refractivity contribution in [3.8, 4) is 0 Å². The topological polar surface area (TPSA) is 80.1 Å². The van der Waals surface area contributed by atoms with Crippen molar-refractivity contribution >= 4 is 27.1 Å². The number of aromatic nitrogens is 4. The minimum Gasteiger partial charge on any atom is -0.294 e. The van der Waals surface area contributed by atoms with Gasteiger partial charge in [-0.3, -0.25) is 5.10 Å². The Morgan fingerprint density at radius 1 is 0.893 bits per heavy atom. The standard InChI is InChI=1S/C20H35ClN4O2S/c1-3-4-5-6-7-8-9-10-11-12-15-28(26,27)16-13-14-18-22-23-20-19(21)17(2)24-25(18)20/h24H,3-16H2,1-2H3. The molecule has 2 aromatic heterocycles. The van der Waals surface area contributed by atoms with Gasteiger partial charge in [-0.25, -0.2) is 12.9 Å². The monoisotopic (exact) mass is 430 g/mol. The van der Waals surface area contributed by atoms with Gasteiger partial charge in [-0.15, -0.1) is 10.2 Å². The number of nitrogens with zero attached hydrogens (tertiary/aromatic N) is 3. The molecule has 0 spiro atoms. The van der Waals surface area contributed by atoms with E-state index in [0.29, 0.717) is 29.3 Å². The van der Waals surface area contributed by atoms with E-state index in [1.807, 2.05) is 6.92 Å². The average molecular weight is 431 g/mol. The fourth-order valence-electron chi connectivity index (χ4n) is 3.48. The lowest BCUT2D eigenvalue weighted by atomic mass is 10.1. The Morgan fingerprint density at radius 3 is 2.11 bits per heavy atom. The third kappa shape index (κ3) is 7.39. The predicted octanol–water partition coefficient (Wildman–Crippen LogP) is 5.29. The molecule has 0 fully saturated rings. The zero-order valence-corrected chi connectivity index (χ0v) is 18.9. The molecule has 0 saturated carbocycles. The summed E-state index contributed by atoms with van der Waals surface area (Å²) in [5, 5.41) is 11.8. The van der Waals surface area contributed by atoms with Crippen LogP contribution in [0.1, 0.15) is 89.1 Å². The first-order chi connectivity index (χ1) is 13.4. The van der Waals surface area contributed by atoms with Gasteiger partial charge in [0.1, 0.15) is 14.9 Å². The van der Waals surface area contributed by atoms with Crippen LogP contribution in [0, 0.1) is 6.92 Å². The van der Waals surface area contributed by atoms with Crippen molar-refractivity contribution in [2.45, 2.75) is 90.9 Å². The molecule has 0 saturated heterocycles. The lowest BCUT2D eigenvalue weighted by molar-refractivity contribution is 0.557. The first-order valence-corrected chi connectivity index (χ1v) is 12.9. The molecule has 1 N–H and O–H groups in total. The van der Waals surface area contributed by atoms with Gasteiger partial charge >= 0.3 is 0 Å². The van der Waals surface area contributed by atoms with Gasteiger partial charge in [0.25, 0.3) is 0 Å². The smallest absolute Gasteiger partial charge is 0.196 e. The first-order valence-electron chi connectivity index (χ1n) is 10.7. The number of aromatic amines is 1. The molecule has 0 amide bonds. The van der Waals surface area contributed by atoms with Crippen molar-refractivity contribution < 1.29 is 8.42 Å². The van der Waals surface area contributed by atoms with E-state index in [2.05, 4.69) is 22.2 Å². The second kappa shape index (κ2) is 11.8. The van der Waals surface area contributed by atoms with Gasteiger partial charge in [-0.05, 0) is 19.8 Å². The van der Waals surface area contributed by atoms with Crippen LogP contribution in [-0.2, 0) is 16.3 Å². The molecule has 0 aliphatic heterocycles. The van der Waals surface area contributed by atoms with Gasteiger partial charge < -0.3 is 0 Å². The Balaban J connectivity index is 1.57. The highest BCUT2D eigenvalue weighted by atomic mass is 35.5. The summed E-state index contributed by atoms with van der Waals surface area (Å²) >= 11 is 6.14. The predicted molar refractivity (Wildman–Crippen MR) is 116 cm³/mol. The molecule has 0 atom stereocenters. The highest BCUT2D eigenvalue weighted by molar-refractivity contribution is 7.91. The molecule has 0 radical (unpaired) electrons. The van der Waals surface area contributed by atoms with E-state index in [0.717, 1.165) is 30.8 Å². The minimum atomic E-state index is -2.99. The Labute approximate surface area is 174 Å². The molecule has 2 aromatic rings. The van der Waals surface area contributed by atoms with Crippen LogP contribution in [0.2, 0.25) is 5.02 Å². The molecule has 160 valence electrons. The summed E-state index contributed by atoms with van der Waals surface area (Å²) in [4.78, 5) is 0. The van der Waals surface area contributed by atoms with Gasteiger partial charge in [0.05, 0.1) is 17.2 Å². The Bertz CT molecular complexity index is 814. The summed E-state index contributed by atoms with van der Waals surface area (Å²) in [5.41, 5.74) is 1.43. The number of fused-ring (bicyclic) bond motifs is 1. The van der Waals surface area contributed by atoms with E-state index in [9.17, 15) is 8.42 Å². The van der Waals surface area contributed by atoms with E-state index >= 15 is 0 Å². The zero-order valence-electron chi connectivity index (χ0n) is 17.3. The Morgan fingerprint density at radius 2 is 1.46 bits per heavy atom. The average Bonchev–Trinajstić information content (AvgIpc) is 3.17. The normalized spacial score (nSPS) is 12.2. The van der Waals surface area contributed by atoms with E-state index in [1.54, 1.807) is 4.52 Å². The highest BCUT2D eigenvalue weighted by Crippen LogP contribution is 2.20. The number of H-pyrrole nitrogens is 1. The number of sulfone groups is 1. The lowest BCUT2D eigenvalue weighted by Gasteiger charge is -2.05. The molecule has 6 nitrogen and oxygen atoms in total. The van der Waals surface area contributed by atoms with Crippen molar-refractivity contribution in [1.29, 1.82) is 0 Å². The number of aryl methyl sites for hydroxylation is 2. The minimum absolute atomic E-state index is 0.201. The molecule has 2 rings (SSSR count). The number of rotatable bonds is 15. The molecule has 28 heavy (non-hydrogen) atoms. The fourth-order valence-corrected chi connectivity index (χ4v) is 5.08. The molecule has 0 bridgehead atoms. The molecular weight excluding hydrogens is 396 g/mol. The second-order valence-corrected chi connectivity index (χ2v) is 10.4. The fraction of sp³-hybridized carbons (Fsp3) is 0.800. The Kier molecular flexibility index (Phi) is 9.79. The van der Waals surface area contributed by atoms with Crippen LogP contribution in [0.25, 0.3) is 5.65 Å². The molecule has 2 heterocycles. The number of unbranched alkanes of at least 4 members (excludes halogenated alkanes) is 9. The number of hydrogen-bond acceptors (Lipinski definition) is 4. The maximum absolute atomic E-state index is 12.2. The summed E-state index contributed by atoms with van der Waals surface area (Å²) in [6.45, 7) is 4.11. The van der Waals surface area contributed by atoms with Crippen LogP contribution >= 0.6 is 11.6 Å². The first kappa shape index (κ1) is 23.2. The van der Waals surface area contributed by atoms with Gasteiger partial charge in [-0.2, -0.15) is 0 Å². The van der Waals surface area contributed by atoms with Crippen molar-refractivity contribution in [2.24, 2.45) is 0 Å². The largest absolute Gasteiger partial charge is 0.294 e. The third-order valence-corrected chi connectivity index (χ3v) is 7.47. The molecule has 8 heteroatoms. The van der Waals surface area contributed by atoms with Crippen molar-refractivity contribution in [1.82, 2.24) is 19.8 Å². The van der Waals surface area contributed by atoms with E-state index < -0.39 is 9.84 Å². The van der Waals surface area contributed by atoms with Crippen LogP contribution in [-0.4, -0.2) is 39.7 Å². The van der Waals surface area contributed by atoms with Crippen molar-refractivity contribution in [2.75, 3.05) is 11.5 Å². The summed E-state index contributed by atoms with van der Waals surface area (Å²) in [6, 6.07) is 0. The SMILES string of the molecule is CCCCCCCCCCCCS(=O)(=O)CCCc1nnc2c(Cl)c(C)[nH]n12. The third-order valence-electron chi connectivity index (χ3n) is 5.20. The highest BCUT2D eigenvalue weighted by Gasteiger charge is 2.15. The van der Waals surface area contributed by atoms with Crippen LogP contribution in [0.15, 0.2) is 0 Å². The molecule has 0 aromatic carbocycles. The molecule has 0 unspecified atom stereocenters. The van der Waals surface area contributed by atoms with Crippen LogP contribution in [0.5, 0.6) is 0 Å². The quantitative estimate of drug-likeness (QED) is 0.389. The maximum atomic E-state index is 12.2. The molecule has 0 aliphatic rings. The number of nitrogens with one attached hydrogen (secondary N) is 1. The molecular formula is C20H35ClN4O2S. The summed E-state index contributed by atoms with van der Waals surface area (Å²) in [5.74, 6) is 1.22. The zero-order chi connectivity index (χ0) is 20.4. The van der Waals surface area contributed by atoms with Crippen LogP contribution in [0.4, 0.5) is 0 Å². The second-order valence-electron chi connectivity index (χ2n) is 7.76. The Hall–Kier alpha value is -1.08. The summed E-state index contributed by atoms with van der Waals surface area (Å²) in [7, 11) is -2.99. The lowest BCUT2D eigenvalue weighted by Crippen LogP contribution is -2.12. The summed E-state index contributed by atoms with van der Waals surface area (Å²) < 4.78 is 26.2. The molecule has 0 aliphatic carbocycles. The van der Waals surface area contributed by atoms with Crippen LogP contribution in [0.3, 0.4) is 0 Å². The van der Waals surface area contributed by atoms with E-state index in [1.165, 1.54) is 44.9 Å². The van der Waals surface area contributed by atoms with Crippen molar-refractivity contribution in [3.63, 3.8) is 0 Å². The van der Waals surface area contributed by atoms with Crippen LogP contribution < -0.4 is 0 Å². The van der Waals surface area contributed by atoms with E-state index in [4.69, 9.17) is 11.6 Å². The number of hydrogen-bond donors (Lipinski definition) is 1. The van der Waals surface area contributed by atoms with Crippen molar-refractivity contribution in [3.05, 3.63) is 16.5 Å².